The van der Waals surface area contributed by atoms with E-state index < -0.39 is 0 Å². The number of carbonyl (C=O) groups is 1. The number of unbranched alkanes of at least 4 members (excludes halogenated alkanes) is 2. The molecule has 0 aromatic heterocycles. The van der Waals surface area contributed by atoms with Crippen LogP contribution in [0.1, 0.15) is 45.1 Å². The van der Waals surface area contributed by atoms with Gasteiger partial charge < -0.3 is 20.1 Å². The third-order valence-corrected chi connectivity index (χ3v) is 3.76. The van der Waals surface area contributed by atoms with Crippen LogP contribution < -0.4 is 15.4 Å². The van der Waals surface area contributed by atoms with Gasteiger partial charge in [0.05, 0.1) is 13.7 Å². The molecule has 7 heteroatoms. The summed E-state index contributed by atoms with van der Waals surface area (Å²) in [6.07, 6.45) is 3.29. The number of guanidine groups is 1. The second kappa shape index (κ2) is 15.5. The molecule has 2 N–H and O–H groups in total. The molecule has 0 heterocycles. The number of aliphatic imine (C=N–C) groups is 1. The van der Waals surface area contributed by atoms with E-state index in [9.17, 15) is 4.79 Å². The summed E-state index contributed by atoms with van der Waals surface area (Å²) >= 11 is 0. The van der Waals surface area contributed by atoms with Gasteiger partial charge in [-0.05, 0) is 51.3 Å². The zero-order chi connectivity index (χ0) is 19.2. The molecule has 1 rings (SSSR count). The fourth-order valence-corrected chi connectivity index (χ4v) is 2.40. The Bertz CT molecular complexity index is 567. The summed E-state index contributed by atoms with van der Waals surface area (Å²) in [5, 5.41) is 6.56. The summed E-state index contributed by atoms with van der Waals surface area (Å²) in [6, 6.07) is 8.03. The van der Waals surface area contributed by atoms with E-state index in [1.54, 1.807) is 0 Å². The van der Waals surface area contributed by atoms with Crippen LogP contribution in [0.5, 0.6) is 5.75 Å². The fraction of sp³-hybridized carbons (Fsp3) is 0.600. The van der Waals surface area contributed by atoms with Crippen molar-refractivity contribution in [1.29, 1.82) is 0 Å². The highest BCUT2D eigenvalue weighted by Gasteiger charge is 2.05. The van der Waals surface area contributed by atoms with E-state index in [0.29, 0.717) is 13.0 Å². The highest BCUT2D eigenvalue weighted by molar-refractivity contribution is 14.0. The average Bonchev–Trinajstić information content (AvgIpc) is 2.62. The average molecular weight is 491 g/mol. The first-order chi connectivity index (χ1) is 12.5. The SMILES string of the molecule is CCNC(=NCC(C)Oc1cccc(C)c1)NCCCCCC(=O)OC.I. The van der Waals surface area contributed by atoms with Gasteiger partial charge in [-0.3, -0.25) is 4.79 Å². The van der Waals surface area contributed by atoms with Gasteiger partial charge in [0.2, 0.25) is 0 Å². The Morgan fingerprint density at radius 3 is 2.67 bits per heavy atom. The Kier molecular flexibility index (Phi) is 14.7. The van der Waals surface area contributed by atoms with Crippen molar-refractivity contribution >= 4 is 35.9 Å². The van der Waals surface area contributed by atoms with Crippen LogP contribution in [0.2, 0.25) is 0 Å². The Hall–Kier alpha value is -1.51. The van der Waals surface area contributed by atoms with Crippen molar-refractivity contribution in [2.24, 2.45) is 4.99 Å². The normalized spacial score (nSPS) is 11.9. The van der Waals surface area contributed by atoms with Crippen molar-refractivity contribution in [2.45, 2.75) is 52.6 Å². The van der Waals surface area contributed by atoms with E-state index in [-0.39, 0.29) is 36.0 Å². The lowest BCUT2D eigenvalue weighted by Gasteiger charge is -2.15. The molecule has 6 nitrogen and oxygen atoms in total. The highest BCUT2D eigenvalue weighted by atomic mass is 127. The Morgan fingerprint density at radius 2 is 2.00 bits per heavy atom. The number of carbonyl (C=O) groups excluding carboxylic acids is 1. The maximum absolute atomic E-state index is 11.1. The number of benzene rings is 1. The van der Waals surface area contributed by atoms with Gasteiger partial charge >= 0.3 is 5.97 Å². The third kappa shape index (κ3) is 12.5. The smallest absolute Gasteiger partial charge is 0.305 e. The molecule has 0 aliphatic carbocycles. The Morgan fingerprint density at radius 1 is 1.22 bits per heavy atom. The molecule has 0 saturated heterocycles. The molecule has 1 aromatic carbocycles. The number of hydrogen-bond donors (Lipinski definition) is 2. The molecule has 0 spiro atoms. The van der Waals surface area contributed by atoms with Crippen LogP contribution in [0.25, 0.3) is 0 Å². The van der Waals surface area contributed by atoms with Crippen LogP contribution in [0, 0.1) is 6.92 Å². The second-order valence-electron chi connectivity index (χ2n) is 6.28. The van der Waals surface area contributed by atoms with E-state index in [4.69, 9.17) is 4.74 Å². The lowest BCUT2D eigenvalue weighted by Crippen LogP contribution is -2.38. The molecule has 0 aliphatic heterocycles. The summed E-state index contributed by atoms with van der Waals surface area (Å²) in [7, 11) is 1.42. The lowest BCUT2D eigenvalue weighted by atomic mass is 10.2. The summed E-state index contributed by atoms with van der Waals surface area (Å²) in [6.45, 7) is 8.31. The Labute approximate surface area is 180 Å². The molecule has 0 bridgehead atoms. The maximum Gasteiger partial charge on any atom is 0.305 e. The number of aryl methyl sites for hydroxylation is 1. The van der Waals surface area contributed by atoms with E-state index in [2.05, 4.69) is 20.4 Å². The van der Waals surface area contributed by atoms with Gasteiger partial charge in [-0.15, -0.1) is 24.0 Å². The van der Waals surface area contributed by atoms with Gasteiger partial charge in [0.1, 0.15) is 11.9 Å². The van der Waals surface area contributed by atoms with E-state index >= 15 is 0 Å². The molecular weight excluding hydrogens is 457 g/mol. The zero-order valence-electron chi connectivity index (χ0n) is 16.9. The van der Waals surface area contributed by atoms with Crippen LogP contribution in [-0.2, 0) is 9.53 Å². The van der Waals surface area contributed by atoms with Gasteiger partial charge in [0.25, 0.3) is 0 Å². The van der Waals surface area contributed by atoms with Crippen molar-refractivity contribution in [1.82, 2.24) is 10.6 Å². The molecule has 0 radical (unpaired) electrons. The molecule has 27 heavy (non-hydrogen) atoms. The topological polar surface area (TPSA) is 72.0 Å². The highest BCUT2D eigenvalue weighted by Crippen LogP contribution is 2.14. The summed E-state index contributed by atoms with van der Waals surface area (Å²) in [5.74, 6) is 1.52. The van der Waals surface area contributed by atoms with Crippen LogP contribution in [0.15, 0.2) is 29.3 Å². The van der Waals surface area contributed by atoms with Crippen LogP contribution in [0.3, 0.4) is 0 Å². The maximum atomic E-state index is 11.1. The summed E-state index contributed by atoms with van der Waals surface area (Å²) in [5.41, 5.74) is 1.18. The van der Waals surface area contributed by atoms with Gasteiger partial charge in [-0.25, -0.2) is 4.99 Å². The lowest BCUT2D eigenvalue weighted by molar-refractivity contribution is -0.140. The van der Waals surface area contributed by atoms with Crippen LogP contribution >= 0.6 is 24.0 Å². The molecule has 1 atom stereocenters. The first-order valence-electron chi connectivity index (χ1n) is 9.37. The van der Waals surface area contributed by atoms with Gasteiger partial charge in [-0.2, -0.15) is 0 Å². The minimum absolute atomic E-state index is 0. The zero-order valence-corrected chi connectivity index (χ0v) is 19.2. The molecule has 0 fully saturated rings. The van der Waals surface area contributed by atoms with Crippen LogP contribution in [-0.4, -0.2) is 44.8 Å². The predicted octanol–water partition coefficient (Wildman–Crippen LogP) is 3.67. The summed E-state index contributed by atoms with van der Waals surface area (Å²) < 4.78 is 10.5. The van der Waals surface area contributed by atoms with Gasteiger partial charge in [0, 0.05) is 19.5 Å². The number of nitrogens with one attached hydrogen (secondary N) is 2. The molecule has 0 saturated carbocycles. The molecule has 154 valence electrons. The molecule has 0 amide bonds. The number of methoxy groups -OCH3 is 1. The largest absolute Gasteiger partial charge is 0.489 e. The van der Waals surface area contributed by atoms with Crippen molar-refractivity contribution in [2.75, 3.05) is 26.7 Å². The fourth-order valence-electron chi connectivity index (χ4n) is 2.40. The monoisotopic (exact) mass is 491 g/mol. The minimum Gasteiger partial charge on any atom is -0.489 e. The van der Waals surface area contributed by atoms with Crippen molar-refractivity contribution < 1.29 is 14.3 Å². The van der Waals surface area contributed by atoms with E-state index in [1.807, 2.05) is 45.0 Å². The van der Waals surface area contributed by atoms with Crippen molar-refractivity contribution in [3.8, 4) is 5.75 Å². The van der Waals surface area contributed by atoms with E-state index in [0.717, 1.165) is 44.1 Å². The number of esters is 1. The van der Waals surface area contributed by atoms with Gasteiger partial charge in [-0.1, -0.05) is 18.6 Å². The number of rotatable bonds is 11. The number of ether oxygens (including phenoxy) is 2. The minimum atomic E-state index is -0.143. The molecule has 0 aliphatic rings. The number of halogens is 1. The third-order valence-electron chi connectivity index (χ3n) is 3.76. The van der Waals surface area contributed by atoms with Gasteiger partial charge in [0.15, 0.2) is 5.96 Å². The first kappa shape index (κ1) is 25.5. The second-order valence-corrected chi connectivity index (χ2v) is 6.28. The molecule has 1 aromatic rings. The molecule has 1 unspecified atom stereocenters. The quantitative estimate of drug-likeness (QED) is 0.163. The first-order valence-corrected chi connectivity index (χ1v) is 9.37. The number of nitrogens with zero attached hydrogens (tertiary/aromatic N) is 1. The molecular formula is C20H34IN3O3. The standard InChI is InChI=1S/C20H33N3O3.HI/c1-5-21-20(22-13-8-6-7-12-19(24)25-4)23-15-17(3)26-18-11-9-10-16(2)14-18;/h9-11,14,17H,5-8,12-13,15H2,1-4H3,(H2,21,22,23);1H. The van der Waals surface area contributed by atoms with Crippen molar-refractivity contribution in [3.63, 3.8) is 0 Å². The van der Waals surface area contributed by atoms with Crippen molar-refractivity contribution in [3.05, 3.63) is 29.8 Å². The Balaban J connectivity index is 0.00000676. The number of hydrogen-bond acceptors (Lipinski definition) is 4. The van der Waals surface area contributed by atoms with Crippen LogP contribution in [0.4, 0.5) is 0 Å². The van der Waals surface area contributed by atoms with E-state index in [1.165, 1.54) is 12.7 Å². The summed E-state index contributed by atoms with van der Waals surface area (Å²) in [4.78, 5) is 15.6. The predicted molar refractivity (Wildman–Crippen MR) is 121 cm³/mol.